The number of nitrogens with one attached hydrogen (secondary N) is 1. The predicted molar refractivity (Wildman–Crippen MR) is 133 cm³/mol. The smallest absolute Gasteiger partial charge is 0.231 e. The molecule has 178 valence electrons. The molecule has 0 bridgehead atoms. The third kappa shape index (κ3) is 5.91. The fourth-order valence-electron chi connectivity index (χ4n) is 4.56. The Labute approximate surface area is 204 Å². The highest BCUT2D eigenvalue weighted by atomic mass is 32.2. The van der Waals surface area contributed by atoms with Crippen LogP contribution in [0.15, 0.2) is 60.0 Å². The van der Waals surface area contributed by atoms with E-state index >= 15 is 0 Å². The zero-order chi connectivity index (χ0) is 23.9. The molecule has 0 radical (unpaired) electrons. The molecule has 1 N–H and O–H groups in total. The third-order valence-corrected chi connectivity index (χ3v) is 7.37. The second kappa shape index (κ2) is 11.4. The van der Waals surface area contributed by atoms with Gasteiger partial charge in [0.25, 0.3) is 0 Å². The highest BCUT2D eigenvalue weighted by Gasteiger charge is 2.29. The van der Waals surface area contributed by atoms with Gasteiger partial charge in [-0.2, -0.15) is 0 Å². The quantitative estimate of drug-likeness (QED) is 0.457. The summed E-state index contributed by atoms with van der Waals surface area (Å²) in [5.41, 5.74) is 1.94. The molecule has 1 amide bonds. The molecule has 34 heavy (non-hydrogen) atoms. The van der Waals surface area contributed by atoms with Crippen molar-refractivity contribution in [2.75, 3.05) is 5.75 Å². The molecule has 8 heteroatoms. The van der Waals surface area contributed by atoms with Gasteiger partial charge in [0.15, 0.2) is 16.8 Å². The first-order chi connectivity index (χ1) is 16.5. The lowest BCUT2D eigenvalue weighted by Gasteiger charge is -2.31. The van der Waals surface area contributed by atoms with Gasteiger partial charge >= 0.3 is 0 Å². The molecule has 0 spiro atoms. The van der Waals surface area contributed by atoms with Crippen LogP contribution >= 0.6 is 11.8 Å². The number of rotatable bonds is 9. The van der Waals surface area contributed by atoms with Gasteiger partial charge in [-0.15, -0.1) is 10.2 Å². The Bertz CT molecular complexity index is 1100. The number of carbonyl (C=O) groups is 2. The Hall–Kier alpha value is -3.00. The molecular weight excluding hydrogens is 446 g/mol. The number of pyridine rings is 1. The number of hydrogen-bond donors (Lipinski definition) is 1. The summed E-state index contributed by atoms with van der Waals surface area (Å²) in [6.07, 6.45) is 8.66. The van der Waals surface area contributed by atoms with E-state index in [4.69, 9.17) is 0 Å². The Morgan fingerprint density at radius 2 is 1.91 bits per heavy atom. The van der Waals surface area contributed by atoms with Crippen molar-refractivity contribution in [3.8, 4) is 11.4 Å². The number of amides is 1. The average molecular weight is 478 g/mol. The van der Waals surface area contributed by atoms with Crippen LogP contribution in [0, 0.1) is 5.92 Å². The van der Waals surface area contributed by atoms with Crippen LogP contribution in [-0.2, 0) is 16.0 Å². The van der Waals surface area contributed by atoms with E-state index in [-0.39, 0.29) is 23.5 Å². The van der Waals surface area contributed by atoms with E-state index in [2.05, 4.69) is 32.0 Å². The molecule has 2 aromatic heterocycles. The summed E-state index contributed by atoms with van der Waals surface area (Å²) in [5, 5.41) is 12.6. The SMILES string of the molecule is CC(=O)[C@@H](Cc1ccccc1)NC(=O)CSc1nnc(-c2cccnc2)n1[C@@H]1CCCC[C@@H]1C. The minimum absolute atomic E-state index is 0.0553. The summed E-state index contributed by atoms with van der Waals surface area (Å²) < 4.78 is 2.20. The molecule has 0 unspecified atom stereocenters. The van der Waals surface area contributed by atoms with Gasteiger partial charge in [0.2, 0.25) is 5.91 Å². The zero-order valence-corrected chi connectivity index (χ0v) is 20.5. The minimum Gasteiger partial charge on any atom is -0.345 e. The number of thioether (sulfide) groups is 1. The van der Waals surface area contributed by atoms with Crippen LogP contribution in [0.2, 0.25) is 0 Å². The Morgan fingerprint density at radius 1 is 1.12 bits per heavy atom. The molecule has 1 saturated carbocycles. The van der Waals surface area contributed by atoms with Gasteiger partial charge in [0, 0.05) is 24.0 Å². The van der Waals surface area contributed by atoms with Gasteiger partial charge in [-0.1, -0.05) is 61.9 Å². The highest BCUT2D eigenvalue weighted by molar-refractivity contribution is 7.99. The number of nitrogens with zero attached hydrogens (tertiary/aromatic N) is 4. The summed E-state index contributed by atoms with van der Waals surface area (Å²) in [6, 6.07) is 13.4. The van der Waals surface area contributed by atoms with Crippen molar-refractivity contribution in [1.29, 1.82) is 0 Å². The molecule has 1 fully saturated rings. The van der Waals surface area contributed by atoms with Crippen molar-refractivity contribution in [2.24, 2.45) is 5.92 Å². The summed E-state index contributed by atoms with van der Waals surface area (Å²) in [7, 11) is 0. The van der Waals surface area contributed by atoms with Crippen LogP contribution < -0.4 is 5.32 Å². The van der Waals surface area contributed by atoms with Crippen molar-refractivity contribution < 1.29 is 9.59 Å². The summed E-state index contributed by atoms with van der Waals surface area (Å²) in [5.74, 6) is 1.22. The second-order valence-corrected chi connectivity index (χ2v) is 9.90. The summed E-state index contributed by atoms with van der Waals surface area (Å²) >= 11 is 1.37. The van der Waals surface area contributed by atoms with Gasteiger partial charge in [-0.05, 0) is 49.8 Å². The van der Waals surface area contributed by atoms with Crippen LogP contribution in [0.3, 0.4) is 0 Å². The number of Topliss-reactive ketones (excluding diaryl/α,β-unsaturated/α-hetero) is 1. The maximum absolute atomic E-state index is 12.8. The molecule has 7 nitrogen and oxygen atoms in total. The van der Waals surface area contributed by atoms with Gasteiger partial charge in [0.05, 0.1) is 11.8 Å². The Kier molecular flexibility index (Phi) is 8.11. The monoisotopic (exact) mass is 477 g/mol. The Morgan fingerprint density at radius 3 is 2.62 bits per heavy atom. The van der Waals surface area contributed by atoms with Crippen molar-refractivity contribution >= 4 is 23.5 Å². The second-order valence-electron chi connectivity index (χ2n) is 8.96. The third-order valence-electron chi connectivity index (χ3n) is 6.42. The highest BCUT2D eigenvalue weighted by Crippen LogP contribution is 2.38. The number of ketones is 1. The number of benzene rings is 1. The molecule has 3 atom stereocenters. The lowest BCUT2D eigenvalue weighted by molar-refractivity contribution is -0.125. The maximum Gasteiger partial charge on any atom is 0.231 e. The maximum atomic E-state index is 12.8. The van der Waals surface area contributed by atoms with Gasteiger partial charge < -0.3 is 5.32 Å². The standard InChI is InChI=1S/C26H31N5O2S/c1-18-9-6-7-13-23(18)31-25(21-12-8-14-27-16-21)29-30-26(31)34-17-24(33)28-22(19(2)32)15-20-10-4-3-5-11-20/h3-5,8,10-12,14,16,18,22-23H,6-7,9,13,15,17H2,1-2H3,(H,28,33)/t18-,22+,23+/m0/s1. The predicted octanol–water partition coefficient (Wildman–Crippen LogP) is 4.50. The van der Waals surface area contributed by atoms with E-state index in [9.17, 15) is 9.59 Å². The van der Waals surface area contributed by atoms with Gasteiger partial charge in [-0.3, -0.25) is 19.1 Å². The van der Waals surface area contributed by atoms with E-state index < -0.39 is 6.04 Å². The molecule has 2 heterocycles. The molecule has 4 rings (SSSR count). The van der Waals surface area contributed by atoms with E-state index in [0.29, 0.717) is 12.3 Å². The van der Waals surface area contributed by atoms with Crippen LogP contribution in [0.4, 0.5) is 0 Å². The number of hydrogen-bond acceptors (Lipinski definition) is 6. The van der Waals surface area contributed by atoms with Gasteiger partial charge in [-0.25, -0.2) is 0 Å². The molecule has 1 aliphatic carbocycles. The van der Waals surface area contributed by atoms with E-state index in [1.807, 2.05) is 42.5 Å². The Balaban J connectivity index is 1.49. The normalized spacial score (nSPS) is 18.9. The lowest BCUT2D eigenvalue weighted by Crippen LogP contribution is -2.42. The largest absolute Gasteiger partial charge is 0.345 e. The molecule has 0 saturated heterocycles. The van der Waals surface area contributed by atoms with Crippen molar-refractivity contribution in [1.82, 2.24) is 25.1 Å². The summed E-state index contributed by atoms with van der Waals surface area (Å²) in [6.45, 7) is 3.79. The van der Waals surface area contributed by atoms with E-state index in [0.717, 1.165) is 28.5 Å². The zero-order valence-electron chi connectivity index (χ0n) is 19.7. The molecule has 1 aromatic carbocycles. The van der Waals surface area contributed by atoms with Crippen molar-refractivity contribution in [3.63, 3.8) is 0 Å². The average Bonchev–Trinajstić information content (AvgIpc) is 3.27. The fraction of sp³-hybridized carbons (Fsp3) is 0.423. The van der Waals surface area contributed by atoms with Crippen molar-refractivity contribution in [3.05, 3.63) is 60.4 Å². The topological polar surface area (TPSA) is 89.8 Å². The van der Waals surface area contributed by atoms with E-state index in [1.165, 1.54) is 37.9 Å². The van der Waals surface area contributed by atoms with Crippen molar-refractivity contribution in [2.45, 2.75) is 63.2 Å². The fourth-order valence-corrected chi connectivity index (χ4v) is 5.36. The van der Waals surface area contributed by atoms with E-state index in [1.54, 1.807) is 12.4 Å². The van der Waals surface area contributed by atoms with Crippen LogP contribution in [-0.4, -0.2) is 43.2 Å². The minimum atomic E-state index is -0.544. The molecule has 0 aliphatic heterocycles. The molecular formula is C26H31N5O2S. The van der Waals surface area contributed by atoms with Gasteiger partial charge in [0.1, 0.15) is 0 Å². The first-order valence-corrected chi connectivity index (χ1v) is 12.8. The first-order valence-electron chi connectivity index (χ1n) is 11.8. The number of aromatic nitrogens is 4. The first kappa shape index (κ1) is 24.1. The lowest BCUT2D eigenvalue weighted by atomic mass is 9.85. The molecule has 1 aliphatic rings. The number of carbonyl (C=O) groups excluding carboxylic acids is 2. The van der Waals surface area contributed by atoms with Crippen LogP contribution in [0.25, 0.3) is 11.4 Å². The van der Waals surface area contributed by atoms with Crippen LogP contribution in [0.1, 0.15) is 51.1 Å². The van der Waals surface area contributed by atoms with Crippen LogP contribution in [0.5, 0.6) is 0 Å². The summed E-state index contributed by atoms with van der Waals surface area (Å²) in [4.78, 5) is 29.2. The molecule has 3 aromatic rings.